The summed E-state index contributed by atoms with van der Waals surface area (Å²) in [6, 6.07) is 10.6. The van der Waals surface area contributed by atoms with E-state index in [9.17, 15) is 4.79 Å². The summed E-state index contributed by atoms with van der Waals surface area (Å²) < 4.78 is 0. The number of amides is 1. The average Bonchev–Trinajstić information content (AvgIpc) is 2.43. The largest absolute Gasteiger partial charge is 0.396 e. The van der Waals surface area contributed by atoms with Crippen molar-refractivity contribution < 1.29 is 9.90 Å². The number of aliphatic hydroxyl groups excluding tert-OH is 1. The Balaban J connectivity index is 1.83. The monoisotopic (exact) mass is 290 g/mol. The van der Waals surface area contributed by atoms with Crippen LogP contribution in [0.15, 0.2) is 30.3 Å². The molecule has 2 rings (SSSR count). The smallest absolute Gasteiger partial charge is 0.234 e. The molecule has 1 saturated carbocycles. The first kappa shape index (κ1) is 16.0. The highest BCUT2D eigenvalue weighted by Gasteiger charge is 2.26. The third-order valence-electron chi connectivity index (χ3n) is 4.22. The lowest BCUT2D eigenvalue weighted by atomic mass is 9.91. The summed E-state index contributed by atoms with van der Waals surface area (Å²) in [6.07, 6.45) is 4.33. The van der Waals surface area contributed by atoms with Crippen LogP contribution in [0.25, 0.3) is 0 Å². The molecule has 0 heterocycles. The second-order valence-corrected chi connectivity index (χ2v) is 5.83. The number of hydrogen-bond acceptors (Lipinski definition) is 3. The summed E-state index contributed by atoms with van der Waals surface area (Å²) in [4.78, 5) is 14.4. The minimum absolute atomic E-state index is 0.0276. The number of carbonyl (C=O) groups excluding carboxylic acids is 1. The Morgan fingerprint density at radius 2 is 2.10 bits per heavy atom. The number of aliphatic hydroxyl groups is 1. The van der Waals surface area contributed by atoms with E-state index in [0.717, 1.165) is 18.5 Å². The van der Waals surface area contributed by atoms with Crippen LogP contribution in [0, 0.1) is 0 Å². The Morgan fingerprint density at radius 1 is 1.38 bits per heavy atom. The summed E-state index contributed by atoms with van der Waals surface area (Å²) >= 11 is 0. The summed E-state index contributed by atoms with van der Waals surface area (Å²) in [5.41, 5.74) is 1.12. The third-order valence-corrected chi connectivity index (χ3v) is 4.22. The highest BCUT2D eigenvalue weighted by molar-refractivity contribution is 5.78. The van der Waals surface area contributed by atoms with Gasteiger partial charge in [-0.1, -0.05) is 36.8 Å². The van der Waals surface area contributed by atoms with E-state index >= 15 is 0 Å². The van der Waals surface area contributed by atoms with Crippen molar-refractivity contribution in [3.05, 3.63) is 35.9 Å². The molecule has 1 aliphatic carbocycles. The lowest BCUT2D eigenvalue weighted by Crippen LogP contribution is -2.46. The molecular formula is C17H26N2O2. The van der Waals surface area contributed by atoms with Gasteiger partial charge >= 0.3 is 0 Å². The number of hydrogen-bond donors (Lipinski definition) is 2. The van der Waals surface area contributed by atoms with Gasteiger partial charge in [0.1, 0.15) is 0 Å². The average molecular weight is 290 g/mol. The Kier molecular flexibility index (Phi) is 6.21. The van der Waals surface area contributed by atoms with Crippen molar-refractivity contribution in [2.24, 2.45) is 0 Å². The fourth-order valence-electron chi connectivity index (χ4n) is 2.71. The third kappa shape index (κ3) is 4.83. The molecule has 0 bridgehead atoms. The maximum atomic E-state index is 12.2. The molecule has 1 unspecified atom stereocenters. The van der Waals surface area contributed by atoms with Gasteiger partial charge in [-0.3, -0.25) is 9.69 Å². The molecule has 116 valence electrons. The van der Waals surface area contributed by atoms with Crippen LogP contribution in [-0.4, -0.2) is 41.7 Å². The van der Waals surface area contributed by atoms with Gasteiger partial charge in [0.05, 0.1) is 12.6 Å². The normalized spacial score (nSPS) is 16.5. The van der Waals surface area contributed by atoms with E-state index in [1.54, 1.807) is 0 Å². The van der Waals surface area contributed by atoms with Crippen LogP contribution in [0.4, 0.5) is 0 Å². The highest BCUT2D eigenvalue weighted by atomic mass is 16.3. The van der Waals surface area contributed by atoms with E-state index < -0.39 is 0 Å². The molecular weight excluding hydrogens is 264 g/mol. The summed E-state index contributed by atoms with van der Waals surface area (Å²) in [6.45, 7) is 3.43. The Bertz CT molecular complexity index is 432. The van der Waals surface area contributed by atoms with Gasteiger partial charge in [-0.2, -0.15) is 0 Å². The Labute approximate surface area is 127 Å². The van der Waals surface area contributed by atoms with E-state index in [0.29, 0.717) is 12.6 Å². The topological polar surface area (TPSA) is 52.6 Å². The zero-order valence-corrected chi connectivity index (χ0v) is 12.8. The lowest BCUT2D eigenvalue weighted by molar-refractivity contribution is -0.124. The first-order valence-corrected chi connectivity index (χ1v) is 7.90. The summed E-state index contributed by atoms with van der Waals surface area (Å²) in [7, 11) is 0. The molecule has 1 amide bonds. The van der Waals surface area contributed by atoms with Crippen LogP contribution < -0.4 is 5.32 Å². The quantitative estimate of drug-likeness (QED) is 0.771. The second-order valence-electron chi connectivity index (χ2n) is 5.83. The zero-order valence-electron chi connectivity index (χ0n) is 12.8. The van der Waals surface area contributed by atoms with Gasteiger partial charge < -0.3 is 10.4 Å². The lowest BCUT2D eigenvalue weighted by Gasteiger charge is -2.37. The standard InChI is InChI=1S/C17H26N2O2/c1-14(15-7-3-2-4-8-15)18-17(21)13-19(11-6-12-20)16-9-5-10-16/h2-4,7-8,14,16,20H,5-6,9-13H2,1H3,(H,18,21). The summed E-state index contributed by atoms with van der Waals surface area (Å²) in [5.74, 6) is 0.0659. The van der Waals surface area contributed by atoms with E-state index in [2.05, 4.69) is 10.2 Å². The molecule has 1 aromatic carbocycles. The molecule has 0 aromatic heterocycles. The zero-order chi connectivity index (χ0) is 15.1. The van der Waals surface area contributed by atoms with Crippen molar-refractivity contribution in [3.8, 4) is 0 Å². The molecule has 4 nitrogen and oxygen atoms in total. The number of rotatable bonds is 8. The predicted molar refractivity (Wildman–Crippen MR) is 83.9 cm³/mol. The molecule has 1 aliphatic rings. The van der Waals surface area contributed by atoms with E-state index in [1.165, 1.54) is 19.3 Å². The fourth-order valence-corrected chi connectivity index (χ4v) is 2.71. The molecule has 21 heavy (non-hydrogen) atoms. The Hall–Kier alpha value is -1.39. The van der Waals surface area contributed by atoms with Gasteiger partial charge in [0.15, 0.2) is 0 Å². The first-order valence-electron chi connectivity index (χ1n) is 7.90. The van der Waals surface area contributed by atoms with Crippen molar-refractivity contribution in [1.29, 1.82) is 0 Å². The Morgan fingerprint density at radius 3 is 2.67 bits per heavy atom. The van der Waals surface area contributed by atoms with Gasteiger partial charge in [0.2, 0.25) is 5.91 Å². The SMILES string of the molecule is CC(NC(=O)CN(CCCO)C1CCC1)c1ccccc1. The van der Waals surface area contributed by atoms with Crippen molar-refractivity contribution in [2.75, 3.05) is 19.7 Å². The molecule has 0 saturated heterocycles. The van der Waals surface area contributed by atoms with Crippen LogP contribution in [0.1, 0.15) is 44.2 Å². The van der Waals surface area contributed by atoms with Gasteiger partial charge in [-0.05, 0) is 31.7 Å². The molecule has 2 N–H and O–H groups in total. The van der Waals surface area contributed by atoms with Crippen LogP contribution >= 0.6 is 0 Å². The van der Waals surface area contributed by atoms with Crippen LogP contribution in [0.3, 0.4) is 0 Å². The molecule has 4 heteroatoms. The number of nitrogens with zero attached hydrogens (tertiary/aromatic N) is 1. The van der Waals surface area contributed by atoms with Gasteiger partial charge in [0.25, 0.3) is 0 Å². The number of nitrogens with one attached hydrogen (secondary N) is 1. The molecule has 0 spiro atoms. The molecule has 0 aliphatic heterocycles. The van der Waals surface area contributed by atoms with Gasteiger partial charge in [-0.15, -0.1) is 0 Å². The molecule has 0 radical (unpaired) electrons. The molecule has 1 fully saturated rings. The van der Waals surface area contributed by atoms with Crippen molar-refractivity contribution in [1.82, 2.24) is 10.2 Å². The summed E-state index contributed by atoms with van der Waals surface area (Å²) in [5, 5.41) is 12.1. The first-order chi connectivity index (χ1) is 10.2. The second kappa shape index (κ2) is 8.15. The molecule has 1 atom stereocenters. The van der Waals surface area contributed by atoms with E-state index in [-0.39, 0.29) is 18.6 Å². The van der Waals surface area contributed by atoms with Crippen LogP contribution in [-0.2, 0) is 4.79 Å². The van der Waals surface area contributed by atoms with E-state index in [1.807, 2.05) is 37.3 Å². The minimum atomic E-state index is 0.0276. The van der Waals surface area contributed by atoms with Crippen LogP contribution in [0.2, 0.25) is 0 Å². The minimum Gasteiger partial charge on any atom is -0.396 e. The van der Waals surface area contributed by atoms with Crippen molar-refractivity contribution in [2.45, 2.75) is 44.7 Å². The number of carbonyl (C=O) groups is 1. The maximum absolute atomic E-state index is 12.2. The van der Waals surface area contributed by atoms with Crippen LogP contribution in [0.5, 0.6) is 0 Å². The van der Waals surface area contributed by atoms with Gasteiger partial charge in [0, 0.05) is 19.2 Å². The molecule has 1 aromatic rings. The fraction of sp³-hybridized carbons (Fsp3) is 0.588. The highest BCUT2D eigenvalue weighted by Crippen LogP contribution is 2.24. The van der Waals surface area contributed by atoms with E-state index in [4.69, 9.17) is 5.11 Å². The maximum Gasteiger partial charge on any atom is 0.234 e. The predicted octanol–water partition coefficient (Wildman–Crippen LogP) is 2.10. The van der Waals surface area contributed by atoms with Crippen molar-refractivity contribution >= 4 is 5.91 Å². The van der Waals surface area contributed by atoms with Gasteiger partial charge in [-0.25, -0.2) is 0 Å². The van der Waals surface area contributed by atoms with Crippen molar-refractivity contribution in [3.63, 3.8) is 0 Å². The number of benzene rings is 1.